The molecule has 0 unspecified atom stereocenters. The van der Waals surface area contributed by atoms with Crippen molar-refractivity contribution in [2.45, 2.75) is 38.6 Å². The van der Waals surface area contributed by atoms with Crippen LogP contribution < -0.4 is 9.80 Å². The molecule has 6 heteroatoms. The molecule has 4 aromatic rings. The number of amides is 1. The van der Waals surface area contributed by atoms with Gasteiger partial charge in [0.1, 0.15) is 5.69 Å². The molecule has 1 heterocycles. The van der Waals surface area contributed by atoms with Crippen molar-refractivity contribution in [1.29, 1.82) is 0 Å². The number of H-pyrrole nitrogens is 1. The van der Waals surface area contributed by atoms with Gasteiger partial charge in [0.15, 0.2) is 0 Å². The molecule has 0 bridgehead atoms. The van der Waals surface area contributed by atoms with E-state index in [1.165, 1.54) is 13.5 Å². The second-order valence-electron chi connectivity index (χ2n) is 10.3. The van der Waals surface area contributed by atoms with Crippen LogP contribution in [0.4, 0.5) is 11.4 Å². The number of anilines is 2. The van der Waals surface area contributed by atoms with Gasteiger partial charge in [-0.05, 0) is 59.9 Å². The summed E-state index contributed by atoms with van der Waals surface area (Å²) in [5, 5.41) is 0.842. The molecule has 38 heavy (non-hydrogen) atoms. The van der Waals surface area contributed by atoms with Crippen LogP contribution in [0.2, 0.25) is 0 Å². The average Bonchev–Trinajstić information content (AvgIpc) is 3.41. The number of hydrogen-bond donors (Lipinski definition) is 1. The molecule has 3 aromatic carbocycles. The number of methoxy groups -OCH3 is 1. The Morgan fingerprint density at radius 1 is 0.895 bits per heavy atom. The van der Waals surface area contributed by atoms with Gasteiger partial charge in [0, 0.05) is 36.6 Å². The molecule has 1 aliphatic rings. The van der Waals surface area contributed by atoms with E-state index in [-0.39, 0.29) is 11.8 Å². The molecular weight excluding hydrogens is 474 g/mol. The number of aromatic nitrogens is 1. The molecular formula is C32H35N3O3. The third kappa shape index (κ3) is 5.30. The summed E-state index contributed by atoms with van der Waals surface area (Å²) in [7, 11) is 5.44. The van der Waals surface area contributed by atoms with Crippen molar-refractivity contribution in [2.75, 3.05) is 31.0 Å². The molecule has 0 aliphatic heterocycles. The lowest BCUT2D eigenvalue weighted by atomic mass is 9.88. The highest BCUT2D eigenvalue weighted by atomic mass is 16.5. The van der Waals surface area contributed by atoms with Crippen LogP contribution in [0.5, 0.6) is 0 Å². The van der Waals surface area contributed by atoms with Gasteiger partial charge in [-0.2, -0.15) is 0 Å². The zero-order valence-corrected chi connectivity index (χ0v) is 22.4. The highest BCUT2D eigenvalue weighted by Crippen LogP contribution is 2.34. The molecule has 5 rings (SSSR count). The molecule has 6 nitrogen and oxygen atoms in total. The van der Waals surface area contributed by atoms with Crippen molar-refractivity contribution < 1.29 is 14.3 Å². The Morgan fingerprint density at radius 2 is 1.55 bits per heavy atom. The third-order valence-corrected chi connectivity index (χ3v) is 7.57. The van der Waals surface area contributed by atoms with Crippen LogP contribution in [0.15, 0.2) is 72.8 Å². The third-order valence-electron chi connectivity index (χ3n) is 7.57. The van der Waals surface area contributed by atoms with Gasteiger partial charge in [-0.25, -0.2) is 4.79 Å². The van der Waals surface area contributed by atoms with Crippen LogP contribution >= 0.6 is 0 Å². The van der Waals surface area contributed by atoms with E-state index >= 15 is 0 Å². The van der Waals surface area contributed by atoms with Gasteiger partial charge in [-0.1, -0.05) is 61.7 Å². The number of hydrogen-bond acceptors (Lipinski definition) is 4. The average molecular weight is 510 g/mol. The second-order valence-corrected chi connectivity index (χ2v) is 10.3. The quantitative estimate of drug-likeness (QED) is 0.278. The first-order valence-corrected chi connectivity index (χ1v) is 13.3. The van der Waals surface area contributed by atoms with E-state index in [9.17, 15) is 9.59 Å². The zero-order chi connectivity index (χ0) is 26.6. The molecule has 1 fully saturated rings. The molecule has 1 aliphatic carbocycles. The molecule has 1 aromatic heterocycles. The molecule has 0 atom stereocenters. The van der Waals surface area contributed by atoms with Gasteiger partial charge >= 0.3 is 5.97 Å². The Morgan fingerprint density at radius 3 is 2.18 bits per heavy atom. The van der Waals surface area contributed by atoms with E-state index in [0.717, 1.165) is 64.7 Å². The van der Waals surface area contributed by atoms with Crippen LogP contribution in [0.25, 0.3) is 22.0 Å². The Balaban J connectivity index is 1.47. The first-order valence-electron chi connectivity index (χ1n) is 13.3. The first kappa shape index (κ1) is 25.6. The van der Waals surface area contributed by atoms with Crippen LogP contribution in [0.3, 0.4) is 0 Å². The number of ether oxygens (including phenoxy) is 1. The first-order chi connectivity index (χ1) is 18.4. The van der Waals surface area contributed by atoms with E-state index in [1.54, 1.807) is 6.07 Å². The number of aromatic amines is 1. The topological polar surface area (TPSA) is 65.6 Å². The van der Waals surface area contributed by atoms with Gasteiger partial charge in [0.25, 0.3) is 0 Å². The van der Waals surface area contributed by atoms with Gasteiger partial charge in [-0.15, -0.1) is 0 Å². The monoisotopic (exact) mass is 509 g/mol. The predicted octanol–water partition coefficient (Wildman–Crippen LogP) is 6.80. The molecule has 196 valence electrons. The normalized spacial score (nSPS) is 13.9. The summed E-state index contributed by atoms with van der Waals surface area (Å²) in [5.41, 5.74) is 6.52. The van der Waals surface area contributed by atoms with E-state index in [0.29, 0.717) is 12.2 Å². The maximum Gasteiger partial charge on any atom is 0.354 e. The molecule has 0 saturated heterocycles. The lowest BCUT2D eigenvalue weighted by molar-refractivity contribution is -0.123. The summed E-state index contributed by atoms with van der Waals surface area (Å²) < 4.78 is 4.92. The zero-order valence-electron chi connectivity index (χ0n) is 22.4. The summed E-state index contributed by atoms with van der Waals surface area (Å²) in [6, 6.07) is 24.6. The van der Waals surface area contributed by atoms with E-state index in [4.69, 9.17) is 4.74 Å². The van der Waals surface area contributed by atoms with Crippen molar-refractivity contribution in [3.63, 3.8) is 0 Å². The van der Waals surface area contributed by atoms with E-state index < -0.39 is 5.97 Å². The Kier molecular flexibility index (Phi) is 7.50. The SMILES string of the molecule is COC(=O)c1cc2c(N(Cc3ccc(-c4ccc(N(C)C)cc4)cc3)C(=O)C3CCCCC3)cccc2[nH]1. The summed E-state index contributed by atoms with van der Waals surface area (Å²) in [6.07, 6.45) is 5.22. The molecule has 1 saturated carbocycles. The summed E-state index contributed by atoms with van der Waals surface area (Å²) in [4.78, 5) is 33.3. The van der Waals surface area contributed by atoms with Gasteiger partial charge < -0.3 is 19.5 Å². The minimum absolute atomic E-state index is 0.0208. The maximum absolute atomic E-state index is 13.9. The Bertz CT molecular complexity index is 1410. The fraction of sp³-hybridized carbons (Fsp3) is 0.312. The molecule has 1 N–H and O–H groups in total. The summed E-state index contributed by atoms with van der Waals surface area (Å²) in [5.74, 6) is -0.250. The Labute approximate surface area is 224 Å². The van der Waals surface area contributed by atoms with E-state index in [1.807, 2.05) is 37.2 Å². The van der Waals surface area contributed by atoms with Crippen molar-refractivity contribution >= 4 is 34.2 Å². The predicted molar refractivity (Wildman–Crippen MR) is 154 cm³/mol. The van der Waals surface area contributed by atoms with Crippen molar-refractivity contribution in [3.05, 3.63) is 84.1 Å². The largest absolute Gasteiger partial charge is 0.464 e. The molecule has 0 radical (unpaired) electrons. The maximum atomic E-state index is 13.9. The number of esters is 1. The number of carbonyl (C=O) groups is 2. The number of rotatable bonds is 7. The highest BCUT2D eigenvalue weighted by Gasteiger charge is 2.28. The second kappa shape index (κ2) is 11.1. The number of nitrogens with one attached hydrogen (secondary N) is 1. The van der Waals surface area contributed by atoms with Crippen molar-refractivity contribution in [3.8, 4) is 11.1 Å². The number of benzene rings is 3. The van der Waals surface area contributed by atoms with Gasteiger partial charge in [-0.3, -0.25) is 4.79 Å². The summed E-state index contributed by atoms with van der Waals surface area (Å²) >= 11 is 0. The van der Waals surface area contributed by atoms with E-state index in [2.05, 4.69) is 58.4 Å². The Hall–Kier alpha value is -4.06. The van der Waals surface area contributed by atoms with Crippen LogP contribution in [0, 0.1) is 5.92 Å². The lowest BCUT2D eigenvalue weighted by Crippen LogP contribution is -2.36. The van der Waals surface area contributed by atoms with Gasteiger partial charge in [0.2, 0.25) is 5.91 Å². The number of nitrogens with zero attached hydrogens (tertiary/aromatic N) is 2. The molecule has 0 spiro atoms. The fourth-order valence-electron chi connectivity index (χ4n) is 5.38. The van der Waals surface area contributed by atoms with Gasteiger partial charge in [0.05, 0.1) is 19.3 Å². The van der Waals surface area contributed by atoms with Crippen molar-refractivity contribution in [1.82, 2.24) is 4.98 Å². The van der Waals surface area contributed by atoms with Crippen LogP contribution in [0.1, 0.15) is 48.2 Å². The molecule has 1 amide bonds. The smallest absolute Gasteiger partial charge is 0.354 e. The van der Waals surface area contributed by atoms with Crippen LogP contribution in [-0.4, -0.2) is 38.1 Å². The minimum Gasteiger partial charge on any atom is -0.464 e. The number of fused-ring (bicyclic) bond motifs is 1. The highest BCUT2D eigenvalue weighted by molar-refractivity contribution is 6.06. The minimum atomic E-state index is -0.425. The number of carbonyl (C=O) groups excluding carboxylic acids is 2. The fourth-order valence-corrected chi connectivity index (χ4v) is 5.38. The standard InChI is InChI=1S/C32H35N3O3/c1-34(2)26-18-16-24(17-19-26)23-14-12-22(13-15-23)21-35(31(36)25-8-5-4-6-9-25)30-11-7-10-28-27(30)20-29(33-28)32(37)38-3/h7,10-20,25,33H,4-6,8-9,21H2,1-3H3. The summed E-state index contributed by atoms with van der Waals surface area (Å²) in [6.45, 7) is 0.465. The lowest BCUT2D eigenvalue weighted by Gasteiger charge is -2.30. The van der Waals surface area contributed by atoms with Crippen LogP contribution in [-0.2, 0) is 16.1 Å². The van der Waals surface area contributed by atoms with Crippen molar-refractivity contribution in [2.24, 2.45) is 5.92 Å².